The second-order valence-electron chi connectivity index (χ2n) is 8.25. The van der Waals surface area contributed by atoms with E-state index in [4.69, 9.17) is 33.3 Å². The summed E-state index contributed by atoms with van der Waals surface area (Å²) in [6.45, 7) is 12.4. The van der Waals surface area contributed by atoms with Gasteiger partial charge in [0.2, 0.25) is 0 Å². The van der Waals surface area contributed by atoms with E-state index in [0.29, 0.717) is 32.7 Å². The minimum atomic E-state index is -1.25. The Hall–Kier alpha value is -1.34. The van der Waals surface area contributed by atoms with Crippen LogP contribution in [0.25, 0.3) is 0 Å². The molecule has 0 spiro atoms. The molecule has 10 nitrogen and oxygen atoms in total. The molecule has 1 rings (SSSR count). The first-order chi connectivity index (χ1) is 15.6. The first-order valence-electron chi connectivity index (χ1n) is 11.4. The third-order valence-electron chi connectivity index (χ3n) is 4.63. The molecule has 0 bridgehead atoms. The highest BCUT2D eigenvalue weighted by Crippen LogP contribution is 2.46. The Bertz CT molecular complexity index is 620. The summed E-state index contributed by atoms with van der Waals surface area (Å²) in [6, 6.07) is 2.60. The smallest absolute Gasteiger partial charge is 0.303 e. The second kappa shape index (κ2) is 16.3. The summed E-state index contributed by atoms with van der Waals surface area (Å²) < 4.78 is 35.9. The van der Waals surface area contributed by atoms with Crippen LogP contribution in [-0.2, 0) is 37.6 Å². The predicted octanol–water partition coefficient (Wildman–Crippen LogP) is 3.69. The Morgan fingerprint density at radius 3 is 2.15 bits per heavy atom. The molecule has 1 saturated heterocycles. The average molecular weight is 491 g/mol. The fourth-order valence-electron chi connectivity index (χ4n) is 3.37. The molecular formula is C22H39N2O8P. The highest BCUT2D eigenvalue weighted by atomic mass is 31.2. The van der Waals surface area contributed by atoms with Crippen LogP contribution >= 0.6 is 8.53 Å². The van der Waals surface area contributed by atoms with Crippen molar-refractivity contribution in [2.24, 2.45) is 0 Å². The summed E-state index contributed by atoms with van der Waals surface area (Å²) in [4.78, 5) is 22.6. The van der Waals surface area contributed by atoms with Gasteiger partial charge in [-0.25, -0.2) is 4.67 Å². The van der Waals surface area contributed by atoms with Gasteiger partial charge in [0.25, 0.3) is 8.53 Å². The van der Waals surface area contributed by atoms with E-state index in [1.165, 1.54) is 13.8 Å². The Kier molecular flexibility index (Phi) is 14.7. The van der Waals surface area contributed by atoms with Crippen LogP contribution in [0.4, 0.5) is 0 Å². The van der Waals surface area contributed by atoms with Crippen LogP contribution in [0.3, 0.4) is 0 Å². The fraction of sp³-hybridized carbons (Fsp3) is 0.864. The molecule has 0 N–H and O–H groups in total. The van der Waals surface area contributed by atoms with Crippen molar-refractivity contribution in [1.82, 2.24) is 4.67 Å². The van der Waals surface area contributed by atoms with E-state index in [2.05, 4.69) is 38.4 Å². The first-order valence-corrected chi connectivity index (χ1v) is 12.6. The number of carbonyl (C=O) groups is 2. The molecule has 0 saturated carbocycles. The number of esters is 2. The Morgan fingerprint density at radius 1 is 1.00 bits per heavy atom. The van der Waals surface area contributed by atoms with E-state index in [-0.39, 0.29) is 18.7 Å². The van der Waals surface area contributed by atoms with Crippen molar-refractivity contribution in [3.05, 3.63) is 0 Å². The normalized spacial score (nSPS) is 21.8. The third-order valence-corrected chi connectivity index (χ3v) is 6.73. The predicted molar refractivity (Wildman–Crippen MR) is 122 cm³/mol. The lowest BCUT2D eigenvalue weighted by atomic mass is 10.1. The molecule has 1 aliphatic rings. The first kappa shape index (κ1) is 29.7. The standard InChI is InChI=1S/C22H39N2O8P/c1-16(2)24(17(3)4)33(30-13-9-10-23)29-12-8-7-11-27-22-14-20(31-18(5)25)21(15-28-22)32-19(6)26/h16-17,20-22H,7-9,11-15H2,1-6H3. The van der Waals surface area contributed by atoms with E-state index in [1.807, 2.05) is 0 Å². The zero-order chi connectivity index (χ0) is 24.8. The van der Waals surface area contributed by atoms with Gasteiger partial charge in [0, 0.05) is 39.0 Å². The van der Waals surface area contributed by atoms with Crippen molar-refractivity contribution < 1.29 is 37.6 Å². The number of hydrogen-bond acceptors (Lipinski definition) is 10. The van der Waals surface area contributed by atoms with Gasteiger partial charge in [0.05, 0.1) is 32.3 Å². The second-order valence-corrected chi connectivity index (χ2v) is 9.71. The molecule has 0 aromatic heterocycles. The molecule has 4 atom stereocenters. The highest BCUT2D eigenvalue weighted by Gasteiger charge is 2.36. The van der Waals surface area contributed by atoms with Crippen molar-refractivity contribution in [3.63, 3.8) is 0 Å². The summed E-state index contributed by atoms with van der Waals surface area (Å²) in [7, 11) is -1.25. The molecule has 1 heterocycles. The number of nitrogens with zero attached hydrogens (tertiary/aromatic N) is 2. The van der Waals surface area contributed by atoms with E-state index in [0.717, 1.165) is 12.8 Å². The van der Waals surface area contributed by atoms with Gasteiger partial charge in [-0.15, -0.1) is 0 Å². The molecule has 0 amide bonds. The van der Waals surface area contributed by atoms with Gasteiger partial charge in [-0.1, -0.05) is 0 Å². The molecule has 0 radical (unpaired) electrons. The highest BCUT2D eigenvalue weighted by molar-refractivity contribution is 7.44. The third kappa shape index (κ3) is 12.1. The number of carbonyl (C=O) groups excluding carboxylic acids is 2. The van der Waals surface area contributed by atoms with Crippen LogP contribution in [0.5, 0.6) is 0 Å². The van der Waals surface area contributed by atoms with Crippen molar-refractivity contribution in [2.45, 2.75) is 97.8 Å². The number of rotatable bonds is 15. The zero-order valence-electron chi connectivity index (χ0n) is 20.7. The maximum absolute atomic E-state index is 11.4. The van der Waals surface area contributed by atoms with Crippen LogP contribution in [0.15, 0.2) is 0 Å². The summed E-state index contributed by atoms with van der Waals surface area (Å²) in [5, 5.41) is 8.78. The Morgan fingerprint density at radius 2 is 1.58 bits per heavy atom. The lowest BCUT2D eigenvalue weighted by Gasteiger charge is -2.35. The average Bonchev–Trinajstić information content (AvgIpc) is 2.70. The van der Waals surface area contributed by atoms with Gasteiger partial charge in [-0.2, -0.15) is 5.26 Å². The van der Waals surface area contributed by atoms with E-state index in [1.54, 1.807) is 0 Å². The van der Waals surface area contributed by atoms with Crippen molar-refractivity contribution >= 4 is 20.5 Å². The molecule has 0 aromatic carbocycles. The maximum atomic E-state index is 11.4. The van der Waals surface area contributed by atoms with Crippen LogP contribution < -0.4 is 0 Å². The van der Waals surface area contributed by atoms with Gasteiger partial charge < -0.3 is 28.0 Å². The van der Waals surface area contributed by atoms with E-state index >= 15 is 0 Å². The van der Waals surface area contributed by atoms with Crippen molar-refractivity contribution in [1.29, 1.82) is 5.26 Å². The van der Waals surface area contributed by atoms with Crippen molar-refractivity contribution in [2.75, 3.05) is 26.4 Å². The van der Waals surface area contributed by atoms with E-state index in [9.17, 15) is 9.59 Å². The summed E-state index contributed by atoms with van der Waals surface area (Å²) in [5.74, 6) is -0.898. The van der Waals surface area contributed by atoms with Gasteiger partial charge in [-0.3, -0.25) is 9.59 Å². The quantitative estimate of drug-likeness (QED) is 0.191. The van der Waals surface area contributed by atoms with Gasteiger partial charge in [0.15, 0.2) is 12.4 Å². The fourth-order valence-corrected chi connectivity index (χ4v) is 5.00. The molecular weight excluding hydrogens is 451 g/mol. The maximum Gasteiger partial charge on any atom is 0.303 e. The largest absolute Gasteiger partial charge is 0.458 e. The van der Waals surface area contributed by atoms with Gasteiger partial charge in [-0.05, 0) is 40.5 Å². The molecule has 0 aromatic rings. The number of unbranched alkanes of at least 4 members (excludes halogenated alkanes) is 1. The van der Waals surface area contributed by atoms with Crippen LogP contribution in [-0.4, -0.2) is 73.6 Å². The monoisotopic (exact) mass is 490 g/mol. The number of hydrogen-bond donors (Lipinski definition) is 0. The molecule has 33 heavy (non-hydrogen) atoms. The molecule has 190 valence electrons. The van der Waals surface area contributed by atoms with Crippen molar-refractivity contribution in [3.8, 4) is 6.07 Å². The summed E-state index contributed by atoms with van der Waals surface area (Å²) in [5.41, 5.74) is 0. The molecule has 1 fully saturated rings. The lowest BCUT2D eigenvalue weighted by Crippen LogP contribution is -2.46. The molecule has 11 heteroatoms. The molecule has 0 aliphatic carbocycles. The van der Waals surface area contributed by atoms with Crippen LogP contribution in [0.1, 0.15) is 67.2 Å². The number of nitriles is 1. The minimum Gasteiger partial charge on any atom is -0.458 e. The summed E-state index contributed by atoms with van der Waals surface area (Å²) in [6.07, 6.45) is 0.366. The topological polar surface area (TPSA) is 117 Å². The van der Waals surface area contributed by atoms with Crippen LogP contribution in [0.2, 0.25) is 0 Å². The number of ether oxygens (including phenoxy) is 4. The van der Waals surface area contributed by atoms with Crippen LogP contribution in [0, 0.1) is 11.3 Å². The Labute approximate surface area is 198 Å². The van der Waals surface area contributed by atoms with Gasteiger partial charge >= 0.3 is 11.9 Å². The van der Waals surface area contributed by atoms with Gasteiger partial charge in [0.1, 0.15) is 6.10 Å². The molecule has 4 unspecified atom stereocenters. The zero-order valence-corrected chi connectivity index (χ0v) is 21.5. The Balaban J connectivity index is 2.41. The SMILES string of the molecule is CC(=O)OC1COC(OCCCCOP(OCCC#N)N(C(C)C)C(C)C)CC1OC(C)=O. The summed E-state index contributed by atoms with van der Waals surface area (Å²) >= 11 is 0. The molecule has 1 aliphatic heterocycles. The minimum absolute atomic E-state index is 0.107. The van der Waals surface area contributed by atoms with E-state index < -0.39 is 39.0 Å². The lowest BCUT2D eigenvalue weighted by molar-refractivity contribution is -0.231.